The summed E-state index contributed by atoms with van der Waals surface area (Å²) in [6.07, 6.45) is 0. The van der Waals surface area contributed by atoms with E-state index in [0.717, 1.165) is 5.69 Å². The molecule has 2 nitrogen and oxygen atoms in total. The molecule has 59 heavy (non-hydrogen) atoms. The van der Waals surface area contributed by atoms with E-state index in [1.54, 1.807) is 0 Å². The highest BCUT2D eigenvalue weighted by Gasteiger charge is 2.35. The number of para-hydroxylation sites is 1. The van der Waals surface area contributed by atoms with Gasteiger partial charge in [-0.2, -0.15) is 0 Å². The maximum Gasteiger partial charge on any atom is 0.0547 e. The molecule has 0 saturated heterocycles. The first-order chi connectivity index (χ1) is 29.0. The van der Waals surface area contributed by atoms with Crippen LogP contribution in [0.25, 0.3) is 99.5 Å². The highest BCUT2D eigenvalue weighted by atomic mass is 15.0. The maximum absolute atomic E-state index is 2.47. The zero-order chi connectivity index (χ0) is 39.2. The van der Waals surface area contributed by atoms with E-state index in [1.165, 1.54) is 105 Å². The van der Waals surface area contributed by atoms with Crippen molar-refractivity contribution in [2.75, 3.05) is 0 Å². The van der Waals surface area contributed by atoms with Gasteiger partial charge in [-0.25, -0.2) is 0 Å². The summed E-state index contributed by atoms with van der Waals surface area (Å²) in [4.78, 5) is 0. The van der Waals surface area contributed by atoms with Crippen molar-refractivity contribution < 1.29 is 0 Å². The first-order valence-electron chi connectivity index (χ1n) is 20.6. The molecule has 278 valence electrons. The minimum Gasteiger partial charge on any atom is -0.309 e. The molecule has 11 aromatic rings. The Balaban J connectivity index is 1.04. The number of rotatable bonds is 5. The van der Waals surface area contributed by atoms with Crippen LogP contribution in [-0.4, -0.2) is 9.13 Å². The number of hydrogen-bond donors (Lipinski definition) is 0. The Labute approximate surface area is 343 Å². The molecular weight excluding hydrogens is 713 g/mol. The molecule has 2 heteroatoms. The van der Waals surface area contributed by atoms with Crippen molar-refractivity contribution in [1.82, 2.24) is 9.13 Å². The monoisotopic (exact) mass is 752 g/mol. The molecule has 1 aliphatic rings. The molecule has 2 heterocycles. The molecule has 0 bridgehead atoms. The van der Waals surface area contributed by atoms with Crippen LogP contribution in [0.5, 0.6) is 0 Å². The number of hydrogen-bond acceptors (Lipinski definition) is 0. The third-order valence-electron chi connectivity index (χ3n) is 12.9. The summed E-state index contributed by atoms with van der Waals surface area (Å²) in [6.45, 7) is 4.72. The molecule has 1 aliphatic carbocycles. The Bertz CT molecular complexity index is 3440. The van der Waals surface area contributed by atoms with E-state index in [0.29, 0.717) is 0 Å². The highest BCUT2D eigenvalue weighted by molar-refractivity contribution is 6.13. The maximum atomic E-state index is 2.47. The second-order valence-electron chi connectivity index (χ2n) is 16.6. The van der Waals surface area contributed by atoms with E-state index < -0.39 is 0 Å². The zero-order valence-corrected chi connectivity index (χ0v) is 33.0. The second kappa shape index (κ2) is 12.8. The molecule has 0 spiro atoms. The quantitative estimate of drug-likeness (QED) is 0.166. The molecule has 0 aliphatic heterocycles. The molecule has 0 saturated carbocycles. The van der Waals surface area contributed by atoms with Gasteiger partial charge in [-0.3, -0.25) is 0 Å². The lowest BCUT2D eigenvalue weighted by Crippen LogP contribution is -2.15. The van der Waals surface area contributed by atoms with Crippen LogP contribution < -0.4 is 0 Å². The first kappa shape index (κ1) is 33.7. The summed E-state index contributed by atoms with van der Waals surface area (Å²) >= 11 is 0. The van der Waals surface area contributed by atoms with Crippen molar-refractivity contribution in [3.05, 3.63) is 217 Å². The topological polar surface area (TPSA) is 9.86 Å². The Morgan fingerprint density at radius 2 is 0.763 bits per heavy atom. The summed E-state index contributed by atoms with van der Waals surface area (Å²) < 4.78 is 4.92. The van der Waals surface area contributed by atoms with E-state index in [1.807, 2.05) is 0 Å². The standard InChI is InChI=1S/C57H40N2/c1-57(2)51-19-11-9-17-45(51)46-31-28-44(36-52(46)57)59-53-20-12-10-18-47(53)48-29-23-41(34-55(48)59)42-24-30-49-50-33-40(38-15-7-4-8-16-38)25-32-54(50)58(56(49)35-42)43-26-21-39(22-27-43)37-13-5-3-6-14-37/h3-36H,1-2H3. The Morgan fingerprint density at radius 1 is 0.288 bits per heavy atom. The molecule has 2 aromatic heterocycles. The van der Waals surface area contributed by atoms with Gasteiger partial charge in [0.05, 0.1) is 22.1 Å². The van der Waals surface area contributed by atoms with Crippen molar-refractivity contribution >= 4 is 43.6 Å². The van der Waals surface area contributed by atoms with Crippen molar-refractivity contribution in [3.8, 4) is 55.9 Å². The third-order valence-corrected chi connectivity index (χ3v) is 12.9. The lowest BCUT2D eigenvalue weighted by atomic mass is 9.82. The third kappa shape index (κ3) is 5.13. The molecule has 0 radical (unpaired) electrons. The van der Waals surface area contributed by atoms with Gasteiger partial charge in [-0.05, 0) is 110 Å². The van der Waals surface area contributed by atoms with Gasteiger partial charge in [0.1, 0.15) is 0 Å². The first-order valence-corrected chi connectivity index (χ1v) is 20.6. The zero-order valence-electron chi connectivity index (χ0n) is 33.0. The van der Waals surface area contributed by atoms with Crippen LogP contribution in [0.2, 0.25) is 0 Å². The largest absolute Gasteiger partial charge is 0.309 e. The second-order valence-corrected chi connectivity index (χ2v) is 16.6. The van der Waals surface area contributed by atoms with E-state index in [-0.39, 0.29) is 5.41 Å². The fraction of sp³-hybridized carbons (Fsp3) is 0.0526. The van der Waals surface area contributed by atoms with Gasteiger partial charge in [0.2, 0.25) is 0 Å². The molecule has 0 unspecified atom stereocenters. The Kier molecular flexibility index (Phi) is 7.31. The molecule has 12 rings (SSSR count). The number of nitrogens with zero attached hydrogens (tertiary/aromatic N) is 2. The molecule has 0 fully saturated rings. The van der Waals surface area contributed by atoms with Crippen molar-refractivity contribution in [1.29, 1.82) is 0 Å². The lowest BCUT2D eigenvalue weighted by molar-refractivity contribution is 0.660. The van der Waals surface area contributed by atoms with Crippen LogP contribution in [0.3, 0.4) is 0 Å². The van der Waals surface area contributed by atoms with E-state index in [2.05, 4.69) is 229 Å². The lowest BCUT2D eigenvalue weighted by Gasteiger charge is -2.22. The Hall–Kier alpha value is -7.42. The predicted octanol–water partition coefficient (Wildman–Crippen LogP) is 15.2. The van der Waals surface area contributed by atoms with Crippen LogP contribution in [0.1, 0.15) is 25.0 Å². The van der Waals surface area contributed by atoms with Crippen molar-refractivity contribution in [2.45, 2.75) is 19.3 Å². The van der Waals surface area contributed by atoms with Gasteiger partial charge in [-0.1, -0.05) is 166 Å². The van der Waals surface area contributed by atoms with Gasteiger partial charge < -0.3 is 9.13 Å². The van der Waals surface area contributed by atoms with Crippen LogP contribution in [-0.2, 0) is 5.41 Å². The smallest absolute Gasteiger partial charge is 0.0547 e. The van der Waals surface area contributed by atoms with E-state index >= 15 is 0 Å². The fourth-order valence-corrected chi connectivity index (χ4v) is 9.98. The molecule has 0 atom stereocenters. The summed E-state index contributed by atoms with van der Waals surface area (Å²) in [5.74, 6) is 0. The average Bonchev–Trinajstić information content (AvgIpc) is 3.89. The number of fused-ring (bicyclic) bond motifs is 9. The normalized spacial score (nSPS) is 13.1. The molecular formula is C57H40N2. The van der Waals surface area contributed by atoms with Gasteiger partial charge in [0.25, 0.3) is 0 Å². The van der Waals surface area contributed by atoms with Gasteiger partial charge in [-0.15, -0.1) is 0 Å². The van der Waals surface area contributed by atoms with Gasteiger partial charge in [0.15, 0.2) is 0 Å². The highest BCUT2D eigenvalue weighted by Crippen LogP contribution is 2.49. The Morgan fingerprint density at radius 3 is 1.49 bits per heavy atom. The van der Waals surface area contributed by atoms with E-state index in [4.69, 9.17) is 0 Å². The predicted molar refractivity (Wildman–Crippen MR) is 249 cm³/mol. The SMILES string of the molecule is CC1(C)c2ccccc2-c2ccc(-n3c4ccccc4c4ccc(-c5ccc6c7cc(-c8ccccc8)ccc7n(-c7ccc(-c8ccccc8)cc7)c6c5)cc43)cc21. The number of aromatic nitrogens is 2. The number of benzene rings is 9. The minimum absolute atomic E-state index is 0.0799. The van der Waals surface area contributed by atoms with Gasteiger partial charge in [0, 0.05) is 38.3 Å². The molecule has 0 amide bonds. The molecule has 9 aromatic carbocycles. The molecule has 0 N–H and O–H groups in total. The fourth-order valence-electron chi connectivity index (χ4n) is 9.98. The van der Waals surface area contributed by atoms with Crippen LogP contribution in [0.4, 0.5) is 0 Å². The van der Waals surface area contributed by atoms with E-state index in [9.17, 15) is 0 Å². The van der Waals surface area contributed by atoms with Crippen LogP contribution in [0, 0.1) is 0 Å². The van der Waals surface area contributed by atoms with Crippen molar-refractivity contribution in [2.24, 2.45) is 0 Å². The summed E-state index contributed by atoms with van der Waals surface area (Å²) in [7, 11) is 0. The minimum atomic E-state index is -0.0799. The van der Waals surface area contributed by atoms with Gasteiger partial charge >= 0.3 is 0 Å². The van der Waals surface area contributed by atoms with Crippen LogP contribution >= 0.6 is 0 Å². The van der Waals surface area contributed by atoms with Crippen LogP contribution in [0.15, 0.2) is 206 Å². The summed E-state index contributed by atoms with van der Waals surface area (Å²) in [5, 5.41) is 5.01. The summed E-state index contributed by atoms with van der Waals surface area (Å²) in [6, 6.07) is 76.1. The van der Waals surface area contributed by atoms with Crippen molar-refractivity contribution in [3.63, 3.8) is 0 Å². The average molecular weight is 753 g/mol. The summed E-state index contributed by atoms with van der Waals surface area (Å²) in [5.41, 5.74) is 19.8.